The van der Waals surface area contributed by atoms with Gasteiger partial charge in [0, 0.05) is 10.6 Å². The highest BCUT2D eigenvalue weighted by molar-refractivity contribution is 7.07. The quantitative estimate of drug-likeness (QED) is 0.415. The summed E-state index contributed by atoms with van der Waals surface area (Å²) in [6.07, 6.45) is 3.51. The van der Waals surface area contributed by atoms with Crippen molar-refractivity contribution in [2.45, 2.75) is 18.9 Å². The second-order valence-corrected chi connectivity index (χ2v) is 10.4. The topological polar surface area (TPSA) is 80.9 Å². The van der Waals surface area contributed by atoms with E-state index in [0.29, 0.717) is 20.1 Å². The molecule has 3 aromatic carbocycles. The fourth-order valence-electron chi connectivity index (χ4n) is 4.96. The molecule has 6 rings (SSSR count). The molecule has 1 aliphatic heterocycles. The third-order valence-corrected chi connectivity index (χ3v) is 7.81. The van der Waals surface area contributed by atoms with Gasteiger partial charge in [0.25, 0.3) is 5.56 Å². The zero-order valence-corrected chi connectivity index (χ0v) is 21.1. The highest BCUT2D eigenvalue weighted by atomic mass is 35.5. The van der Waals surface area contributed by atoms with Crippen LogP contribution in [0.4, 0.5) is 0 Å². The summed E-state index contributed by atoms with van der Waals surface area (Å²) in [6, 6.07) is 22.7. The molecule has 0 spiro atoms. The number of halogens is 1. The normalized spacial score (nSPS) is 16.5. The second-order valence-electron chi connectivity index (χ2n) is 8.92. The number of rotatable bonds is 5. The van der Waals surface area contributed by atoms with Crippen LogP contribution in [0.25, 0.3) is 11.8 Å². The van der Waals surface area contributed by atoms with E-state index in [9.17, 15) is 9.59 Å². The third-order valence-electron chi connectivity index (χ3n) is 6.58. The molecule has 1 atom stereocenters. The number of aromatic nitrogens is 1. The highest BCUT2D eigenvalue weighted by Crippen LogP contribution is 2.41. The van der Waals surface area contributed by atoms with Gasteiger partial charge in [0.05, 0.1) is 16.3 Å². The molecule has 6 nitrogen and oxygen atoms in total. The van der Waals surface area contributed by atoms with Gasteiger partial charge in [0.15, 0.2) is 11.4 Å². The van der Waals surface area contributed by atoms with Gasteiger partial charge in [-0.1, -0.05) is 71.5 Å². The Morgan fingerprint density at radius 1 is 1.11 bits per heavy atom. The highest BCUT2D eigenvalue weighted by Gasteiger charge is 2.32. The number of fused-ring (bicyclic) bond motifs is 3. The van der Waals surface area contributed by atoms with Crippen LogP contribution in [0.2, 0.25) is 5.02 Å². The van der Waals surface area contributed by atoms with Crippen LogP contribution in [0.3, 0.4) is 0 Å². The first-order valence-corrected chi connectivity index (χ1v) is 13.0. The smallest absolute Gasteiger partial charge is 0.341 e. The van der Waals surface area contributed by atoms with Gasteiger partial charge in [-0.2, -0.15) is 0 Å². The van der Waals surface area contributed by atoms with E-state index in [2.05, 4.69) is 12.1 Å². The van der Waals surface area contributed by atoms with Gasteiger partial charge in [-0.25, -0.2) is 9.79 Å². The SMILES string of the molecule is O=C(O)COc1cccc(/C=c2/sc3n(c2=O)C(c2ccc(Cl)cc2)C2=C(N=3)c3ccccc3CC2)c1. The number of aryl methyl sites for hydroxylation is 1. The van der Waals surface area contributed by atoms with Crippen molar-refractivity contribution in [3.05, 3.63) is 125 Å². The molecule has 4 aromatic rings. The van der Waals surface area contributed by atoms with Crippen molar-refractivity contribution in [1.82, 2.24) is 4.57 Å². The number of carbonyl (C=O) groups is 1. The van der Waals surface area contributed by atoms with Gasteiger partial charge in [-0.15, -0.1) is 0 Å². The first kappa shape index (κ1) is 23.5. The Kier molecular flexibility index (Phi) is 6.02. The van der Waals surface area contributed by atoms with Gasteiger partial charge in [-0.3, -0.25) is 9.36 Å². The standard InChI is InChI=1S/C29H21ClN2O4S/c30-20-11-8-19(9-12-20)27-23-13-10-18-5-1-2-7-22(18)26(23)31-29-32(27)28(35)24(37-29)15-17-4-3-6-21(14-17)36-16-25(33)34/h1-9,11-12,14-15,27H,10,13,16H2,(H,33,34)/b24-15+. The number of benzene rings is 3. The van der Waals surface area contributed by atoms with Crippen LogP contribution in [0.1, 0.15) is 34.7 Å². The fraction of sp³-hybridized carbons (Fsp3) is 0.138. The summed E-state index contributed by atoms with van der Waals surface area (Å²) in [5.74, 6) is -0.624. The van der Waals surface area contributed by atoms with Crippen molar-refractivity contribution >= 4 is 40.7 Å². The maximum Gasteiger partial charge on any atom is 0.341 e. The lowest BCUT2D eigenvalue weighted by Gasteiger charge is -2.30. The molecule has 8 heteroatoms. The van der Waals surface area contributed by atoms with E-state index in [-0.39, 0.29) is 11.6 Å². The van der Waals surface area contributed by atoms with E-state index in [0.717, 1.165) is 40.8 Å². The average molecular weight is 529 g/mol. The molecule has 2 aliphatic rings. The number of carboxylic acid groups (broad SMARTS) is 1. The van der Waals surface area contributed by atoms with Crippen LogP contribution >= 0.6 is 22.9 Å². The Bertz CT molecular complexity index is 1750. The molecule has 184 valence electrons. The van der Waals surface area contributed by atoms with Crippen molar-refractivity contribution in [1.29, 1.82) is 0 Å². The Morgan fingerprint density at radius 2 is 1.92 bits per heavy atom. The van der Waals surface area contributed by atoms with Crippen molar-refractivity contribution in [3.8, 4) is 5.75 Å². The summed E-state index contributed by atoms with van der Waals surface area (Å²) >= 11 is 7.53. The Hall–Kier alpha value is -3.94. The number of aliphatic carboxylic acids is 1. The number of nitrogens with zero attached hydrogens (tertiary/aromatic N) is 2. The molecule has 1 aliphatic carbocycles. The molecule has 1 unspecified atom stereocenters. The zero-order valence-electron chi connectivity index (χ0n) is 19.6. The molecule has 0 saturated carbocycles. The van der Waals surface area contributed by atoms with E-state index in [4.69, 9.17) is 26.4 Å². The summed E-state index contributed by atoms with van der Waals surface area (Å²) in [5.41, 5.74) is 6.06. The average Bonchev–Trinajstić information content (AvgIpc) is 3.21. The summed E-state index contributed by atoms with van der Waals surface area (Å²) in [4.78, 5) is 30.3. The lowest BCUT2D eigenvalue weighted by atomic mass is 9.83. The molecule has 0 bridgehead atoms. The molecule has 2 heterocycles. The van der Waals surface area contributed by atoms with Gasteiger partial charge >= 0.3 is 5.97 Å². The molecule has 0 amide bonds. The minimum atomic E-state index is -1.05. The minimum Gasteiger partial charge on any atom is -0.482 e. The predicted molar refractivity (Wildman–Crippen MR) is 144 cm³/mol. The maximum absolute atomic E-state index is 13.8. The number of allylic oxidation sites excluding steroid dienone is 1. The second kappa shape index (κ2) is 9.50. The van der Waals surface area contributed by atoms with Crippen LogP contribution < -0.4 is 19.6 Å². The monoisotopic (exact) mass is 528 g/mol. The summed E-state index contributed by atoms with van der Waals surface area (Å²) in [6.45, 7) is -0.431. The van der Waals surface area contributed by atoms with E-state index in [1.54, 1.807) is 28.8 Å². The molecule has 0 fully saturated rings. The summed E-state index contributed by atoms with van der Waals surface area (Å²) < 4.78 is 7.64. The van der Waals surface area contributed by atoms with Crippen molar-refractivity contribution in [3.63, 3.8) is 0 Å². The Morgan fingerprint density at radius 3 is 2.73 bits per heavy atom. The Balaban J connectivity index is 1.52. The molecular formula is C29H21ClN2O4S. The van der Waals surface area contributed by atoms with Crippen molar-refractivity contribution < 1.29 is 14.6 Å². The molecular weight excluding hydrogens is 508 g/mol. The lowest BCUT2D eigenvalue weighted by Crippen LogP contribution is -2.38. The van der Waals surface area contributed by atoms with Crippen molar-refractivity contribution in [2.75, 3.05) is 6.61 Å². The van der Waals surface area contributed by atoms with Gasteiger partial charge < -0.3 is 9.84 Å². The number of hydrogen-bond acceptors (Lipinski definition) is 5. The predicted octanol–water partition coefficient (Wildman–Crippen LogP) is 4.44. The minimum absolute atomic E-state index is 0.119. The molecule has 37 heavy (non-hydrogen) atoms. The number of hydrogen-bond donors (Lipinski definition) is 1. The zero-order chi connectivity index (χ0) is 25.5. The molecule has 0 saturated heterocycles. The van der Waals surface area contributed by atoms with Crippen LogP contribution in [-0.4, -0.2) is 22.2 Å². The van der Waals surface area contributed by atoms with Gasteiger partial charge in [0.1, 0.15) is 5.75 Å². The van der Waals surface area contributed by atoms with Crippen molar-refractivity contribution in [2.24, 2.45) is 4.99 Å². The van der Waals surface area contributed by atoms with Gasteiger partial charge in [0.2, 0.25) is 0 Å². The number of thiazole rings is 1. The molecule has 0 radical (unpaired) electrons. The van der Waals surface area contributed by atoms with Crippen LogP contribution in [0.5, 0.6) is 5.75 Å². The van der Waals surface area contributed by atoms with E-state index >= 15 is 0 Å². The van der Waals surface area contributed by atoms with Crippen LogP contribution in [0, 0.1) is 0 Å². The largest absolute Gasteiger partial charge is 0.482 e. The van der Waals surface area contributed by atoms with Gasteiger partial charge in [-0.05, 0) is 65.4 Å². The first-order chi connectivity index (χ1) is 18.0. The maximum atomic E-state index is 13.8. The Labute approximate surface area is 221 Å². The number of carboxylic acids is 1. The van der Waals surface area contributed by atoms with Crippen LogP contribution in [-0.2, 0) is 11.2 Å². The molecule has 1 N–H and O–H groups in total. The first-order valence-electron chi connectivity index (χ1n) is 11.8. The molecule has 1 aromatic heterocycles. The number of ether oxygens (including phenoxy) is 1. The van der Waals surface area contributed by atoms with Crippen LogP contribution in [0.15, 0.2) is 88.2 Å². The fourth-order valence-corrected chi connectivity index (χ4v) is 6.08. The third kappa shape index (κ3) is 4.41. The summed E-state index contributed by atoms with van der Waals surface area (Å²) in [5, 5.41) is 9.54. The lowest BCUT2D eigenvalue weighted by molar-refractivity contribution is -0.139. The summed E-state index contributed by atoms with van der Waals surface area (Å²) in [7, 11) is 0. The van der Waals surface area contributed by atoms with E-state index in [1.165, 1.54) is 16.9 Å². The van der Waals surface area contributed by atoms with E-state index < -0.39 is 12.6 Å². The van der Waals surface area contributed by atoms with E-state index in [1.807, 2.05) is 42.5 Å².